The first-order valence-corrected chi connectivity index (χ1v) is 5.60. The minimum atomic E-state index is -4.60. The Kier molecular flexibility index (Phi) is 4.67. The maximum atomic E-state index is 12.5. The average molecular weight is 291 g/mol. The molecular formula is C11H8F3NO3S. The first kappa shape index (κ1) is 15.2. The lowest BCUT2D eigenvalue weighted by atomic mass is 10.1. The Morgan fingerprint density at radius 2 is 2.00 bits per heavy atom. The molecule has 1 rings (SSSR count). The Morgan fingerprint density at radius 3 is 2.42 bits per heavy atom. The van der Waals surface area contributed by atoms with Crippen molar-refractivity contribution in [3.8, 4) is 11.8 Å². The molecule has 0 unspecified atom stereocenters. The predicted octanol–water partition coefficient (Wildman–Crippen LogP) is 2.97. The highest BCUT2D eigenvalue weighted by molar-refractivity contribution is 8.00. The van der Waals surface area contributed by atoms with Crippen LogP contribution in [0, 0.1) is 11.3 Å². The number of nitriles is 1. The van der Waals surface area contributed by atoms with Gasteiger partial charge in [0.25, 0.3) is 0 Å². The number of halogens is 3. The highest BCUT2D eigenvalue weighted by atomic mass is 32.2. The standard InChI is InChI=1S/C11H8F3NO3S/c1-17-8-4-3-6(10(16)18-2)7(5-15)9(8)19-11(12,13)14/h3-4H,1-2H3. The molecule has 102 valence electrons. The van der Waals surface area contributed by atoms with Gasteiger partial charge in [0.1, 0.15) is 11.8 Å². The molecule has 0 heterocycles. The lowest BCUT2D eigenvalue weighted by molar-refractivity contribution is -0.0329. The molecular weight excluding hydrogens is 283 g/mol. The molecule has 0 spiro atoms. The van der Waals surface area contributed by atoms with Crippen LogP contribution in [0.25, 0.3) is 0 Å². The Morgan fingerprint density at radius 1 is 1.37 bits per heavy atom. The summed E-state index contributed by atoms with van der Waals surface area (Å²) in [5, 5.41) is 8.97. The lowest BCUT2D eigenvalue weighted by Gasteiger charge is -2.13. The highest BCUT2D eigenvalue weighted by Gasteiger charge is 2.34. The summed E-state index contributed by atoms with van der Waals surface area (Å²) in [5.41, 5.74) is -5.26. The van der Waals surface area contributed by atoms with Crippen LogP contribution in [0.4, 0.5) is 13.2 Å². The second kappa shape index (κ2) is 5.84. The van der Waals surface area contributed by atoms with Crippen molar-refractivity contribution in [2.45, 2.75) is 10.4 Å². The van der Waals surface area contributed by atoms with Crippen molar-refractivity contribution in [3.05, 3.63) is 23.3 Å². The molecule has 1 aromatic carbocycles. The van der Waals surface area contributed by atoms with Crippen LogP contribution in [0.15, 0.2) is 17.0 Å². The summed E-state index contributed by atoms with van der Waals surface area (Å²) in [5.74, 6) is -1.02. The van der Waals surface area contributed by atoms with Gasteiger partial charge >= 0.3 is 11.5 Å². The topological polar surface area (TPSA) is 59.3 Å². The molecule has 0 amide bonds. The summed E-state index contributed by atoms with van der Waals surface area (Å²) >= 11 is -0.510. The highest BCUT2D eigenvalue weighted by Crippen LogP contribution is 2.44. The number of benzene rings is 1. The molecule has 1 aromatic rings. The number of hydrogen-bond donors (Lipinski definition) is 0. The average Bonchev–Trinajstić information content (AvgIpc) is 2.35. The van der Waals surface area contributed by atoms with Gasteiger partial charge in [-0.25, -0.2) is 4.79 Å². The van der Waals surface area contributed by atoms with Gasteiger partial charge in [-0.2, -0.15) is 18.4 Å². The second-order valence-electron chi connectivity index (χ2n) is 3.17. The van der Waals surface area contributed by atoms with E-state index in [0.717, 1.165) is 7.11 Å². The lowest BCUT2D eigenvalue weighted by Crippen LogP contribution is -2.08. The van der Waals surface area contributed by atoms with Gasteiger partial charge in [0.2, 0.25) is 0 Å². The van der Waals surface area contributed by atoms with Gasteiger partial charge < -0.3 is 9.47 Å². The number of esters is 1. The van der Waals surface area contributed by atoms with E-state index in [4.69, 9.17) is 10.00 Å². The van der Waals surface area contributed by atoms with E-state index in [2.05, 4.69) is 4.74 Å². The zero-order valence-corrected chi connectivity index (χ0v) is 10.7. The second-order valence-corrected chi connectivity index (χ2v) is 4.25. The summed E-state index contributed by atoms with van der Waals surface area (Å²) in [4.78, 5) is 10.9. The van der Waals surface area contributed by atoms with Crippen molar-refractivity contribution < 1.29 is 27.4 Å². The number of ether oxygens (including phenoxy) is 2. The van der Waals surface area contributed by atoms with Crippen molar-refractivity contribution in [2.24, 2.45) is 0 Å². The number of rotatable bonds is 3. The summed E-state index contributed by atoms with van der Waals surface area (Å²) in [6.07, 6.45) is 0. The van der Waals surface area contributed by atoms with Crippen LogP contribution < -0.4 is 4.74 Å². The predicted molar refractivity (Wildman–Crippen MR) is 61.0 cm³/mol. The van der Waals surface area contributed by atoms with Crippen molar-refractivity contribution in [3.63, 3.8) is 0 Å². The molecule has 0 N–H and O–H groups in total. The van der Waals surface area contributed by atoms with Gasteiger partial charge in [0.15, 0.2) is 0 Å². The van der Waals surface area contributed by atoms with E-state index in [-0.39, 0.29) is 11.3 Å². The van der Waals surface area contributed by atoms with Crippen LogP contribution >= 0.6 is 11.8 Å². The minimum absolute atomic E-state index is 0.133. The van der Waals surface area contributed by atoms with E-state index >= 15 is 0 Å². The molecule has 8 heteroatoms. The molecule has 19 heavy (non-hydrogen) atoms. The SMILES string of the molecule is COC(=O)c1ccc(OC)c(SC(F)(F)F)c1C#N. The van der Waals surface area contributed by atoms with Crippen LogP contribution in [-0.4, -0.2) is 25.7 Å². The summed E-state index contributed by atoms with van der Waals surface area (Å²) < 4.78 is 46.6. The van der Waals surface area contributed by atoms with Gasteiger partial charge in [0, 0.05) is 0 Å². The van der Waals surface area contributed by atoms with Crippen LogP contribution in [0.5, 0.6) is 5.75 Å². The van der Waals surface area contributed by atoms with E-state index in [1.165, 1.54) is 19.2 Å². The maximum Gasteiger partial charge on any atom is 0.446 e. The number of alkyl halides is 3. The maximum absolute atomic E-state index is 12.5. The van der Waals surface area contributed by atoms with Gasteiger partial charge in [-0.1, -0.05) is 0 Å². The van der Waals surface area contributed by atoms with Crippen LogP contribution in [-0.2, 0) is 4.74 Å². The Labute approximate surface area is 111 Å². The van der Waals surface area contributed by atoms with Gasteiger partial charge in [-0.15, -0.1) is 0 Å². The summed E-state index contributed by atoms with van der Waals surface area (Å²) in [7, 11) is 2.25. The van der Waals surface area contributed by atoms with E-state index in [9.17, 15) is 18.0 Å². The molecule has 0 fully saturated rings. The summed E-state index contributed by atoms with van der Waals surface area (Å²) in [6, 6.07) is 3.94. The fourth-order valence-corrected chi connectivity index (χ4v) is 2.07. The van der Waals surface area contributed by atoms with E-state index < -0.39 is 33.7 Å². The number of carbonyl (C=O) groups is 1. The smallest absolute Gasteiger partial charge is 0.446 e. The largest absolute Gasteiger partial charge is 0.496 e. The number of carbonyl (C=O) groups excluding carboxylic acids is 1. The van der Waals surface area contributed by atoms with Crippen molar-refractivity contribution in [1.82, 2.24) is 0 Å². The molecule has 0 aliphatic heterocycles. The molecule has 0 aliphatic carbocycles. The third kappa shape index (κ3) is 3.54. The number of methoxy groups -OCH3 is 2. The molecule has 0 saturated carbocycles. The van der Waals surface area contributed by atoms with E-state index in [1.807, 2.05) is 0 Å². The van der Waals surface area contributed by atoms with E-state index in [0.29, 0.717) is 0 Å². The normalized spacial score (nSPS) is 10.7. The number of nitrogens with zero attached hydrogens (tertiary/aromatic N) is 1. The fraction of sp³-hybridized carbons (Fsp3) is 0.273. The number of thioether (sulfide) groups is 1. The van der Waals surface area contributed by atoms with Gasteiger partial charge in [0.05, 0.1) is 30.2 Å². The first-order chi connectivity index (χ1) is 8.84. The first-order valence-electron chi connectivity index (χ1n) is 4.79. The van der Waals surface area contributed by atoms with Crippen LogP contribution in [0.3, 0.4) is 0 Å². The van der Waals surface area contributed by atoms with Crippen LogP contribution in [0.2, 0.25) is 0 Å². The van der Waals surface area contributed by atoms with Crippen molar-refractivity contribution in [2.75, 3.05) is 14.2 Å². The molecule has 0 atom stereocenters. The minimum Gasteiger partial charge on any atom is -0.496 e. The molecule has 4 nitrogen and oxygen atoms in total. The Balaban J connectivity index is 3.47. The van der Waals surface area contributed by atoms with Crippen molar-refractivity contribution >= 4 is 17.7 Å². The van der Waals surface area contributed by atoms with Gasteiger partial charge in [-0.05, 0) is 23.9 Å². The molecule has 0 radical (unpaired) electrons. The monoisotopic (exact) mass is 291 g/mol. The summed E-state index contributed by atoms with van der Waals surface area (Å²) in [6.45, 7) is 0. The third-order valence-electron chi connectivity index (χ3n) is 2.08. The Hall–Kier alpha value is -1.88. The third-order valence-corrected chi connectivity index (χ3v) is 2.92. The Bertz CT molecular complexity index is 537. The molecule has 0 saturated heterocycles. The zero-order chi connectivity index (χ0) is 14.6. The molecule has 0 aromatic heterocycles. The molecule has 0 bridgehead atoms. The van der Waals surface area contributed by atoms with Gasteiger partial charge in [-0.3, -0.25) is 0 Å². The van der Waals surface area contributed by atoms with E-state index in [1.54, 1.807) is 6.07 Å². The quantitative estimate of drug-likeness (QED) is 0.633. The van der Waals surface area contributed by atoms with Crippen molar-refractivity contribution in [1.29, 1.82) is 5.26 Å². The van der Waals surface area contributed by atoms with Crippen LogP contribution in [0.1, 0.15) is 15.9 Å². The number of hydrogen-bond acceptors (Lipinski definition) is 5. The molecule has 0 aliphatic rings. The zero-order valence-electron chi connectivity index (χ0n) is 9.87. The fourth-order valence-electron chi connectivity index (χ4n) is 1.33.